The number of ether oxygens (including phenoxy) is 1. The van der Waals surface area contributed by atoms with Gasteiger partial charge in [-0.3, -0.25) is 0 Å². The van der Waals surface area contributed by atoms with E-state index < -0.39 is 21.4 Å². The van der Waals surface area contributed by atoms with Crippen LogP contribution in [0.4, 0.5) is 10.5 Å². The monoisotopic (exact) mass is 360 g/mol. The summed E-state index contributed by atoms with van der Waals surface area (Å²) < 4.78 is 21.5. The fourth-order valence-corrected chi connectivity index (χ4v) is 3.17. The second-order valence-corrected chi connectivity index (χ2v) is 9.00. The average Bonchev–Trinajstić information content (AvgIpc) is 2.52. The highest BCUT2D eigenvalue weighted by Crippen LogP contribution is 2.18. The number of anilines is 1. The molecule has 0 aromatic heterocycles. The lowest BCUT2D eigenvalue weighted by Crippen LogP contribution is -2.22. The number of nitrogens with one attached hydrogen (secondary N) is 1. The molecule has 2 aromatic carbocycles. The second kappa shape index (κ2) is 7.70. The SMILES string of the molecule is CC(C)(C)OC(=O)N=S(C)(=O)c1ccc(NCc2ccccc2)cc1. The van der Waals surface area contributed by atoms with E-state index in [4.69, 9.17) is 4.74 Å². The Kier molecular flexibility index (Phi) is 5.85. The van der Waals surface area contributed by atoms with Gasteiger partial charge < -0.3 is 10.1 Å². The van der Waals surface area contributed by atoms with Crippen molar-refractivity contribution >= 4 is 21.5 Å². The number of carbonyl (C=O) groups excluding carboxylic acids is 1. The summed E-state index contributed by atoms with van der Waals surface area (Å²) in [5, 5.41) is 3.30. The molecule has 0 aliphatic rings. The molecule has 0 saturated heterocycles. The van der Waals surface area contributed by atoms with Crippen LogP contribution in [-0.4, -0.2) is 22.2 Å². The van der Waals surface area contributed by atoms with Gasteiger partial charge in [0.25, 0.3) is 0 Å². The number of rotatable bonds is 4. The average molecular weight is 360 g/mol. The fraction of sp³-hybridized carbons (Fsp3) is 0.316. The zero-order valence-electron chi connectivity index (χ0n) is 15.0. The lowest BCUT2D eigenvalue weighted by molar-refractivity contribution is 0.0607. The van der Waals surface area contributed by atoms with Gasteiger partial charge in [-0.2, -0.15) is 0 Å². The van der Waals surface area contributed by atoms with E-state index in [1.807, 2.05) is 42.5 Å². The number of carbonyl (C=O) groups is 1. The number of nitrogens with zero attached hydrogens (tertiary/aromatic N) is 1. The van der Waals surface area contributed by atoms with Crippen LogP contribution >= 0.6 is 0 Å². The summed E-state index contributed by atoms with van der Waals surface area (Å²) in [6.07, 6.45) is 0.620. The standard InChI is InChI=1S/C19H24N2O3S/c1-19(2,3)24-18(22)21-25(4,23)17-12-10-16(11-13-17)20-14-15-8-6-5-7-9-15/h5-13,20H,14H2,1-4H3. The molecule has 0 heterocycles. The van der Waals surface area contributed by atoms with E-state index in [0.717, 1.165) is 5.69 Å². The zero-order valence-corrected chi connectivity index (χ0v) is 15.8. The van der Waals surface area contributed by atoms with E-state index in [0.29, 0.717) is 11.4 Å². The third-order valence-corrected chi connectivity index (χ3v) is 4.92. The molecule has 0 spiro atoms. The molecule has 1 amide bonds. The summed E-state index contributed by atoms with van der Waals surface area (Å²) >= 11 is 0. The minimum absolute atomic E-state index is 0.489. The van der Waals surface area contributed by atoms with E-state index in [1.54, 1.807) is 32.9 Å². The molecule has 0 aliphatic heterocycles. The van der Waals surface area contributed by atoms with Crippen molar-refractivity contribution in [1.29, 1.82) is 0 Å². The van der Waals surface area contributed by atoms with E-state index >= 15 is 0 Å². The van der Waals surface area contributed by atoms with Crippen molar-refractivity contribution in [3.63, 3.8) is 0 Å². The van der Waals surface area contributed by atoms with Crippen LogP contribution in [0.3, 0.4) is 0 Å². The predicted octanol–water partition coefficient (Wildman–Crippen LogP) is 4.69. The maximum Gasteiger partial charge on any atom is 0.442 e. The van der Waals surface area contributed by atoms with Gasteiger partial charge in [-0.05, 0) is 50.6 Å². The first-order valence-corrected chi connectivity index (χ1v) is 9.91. The highest BCUT2D eigenvalue weighted by molar-refractivity contribution is 7.93. The van der Waals surface area contributed by atoms with Gasteiger partial charge >= 0.3 is 6.09 Å². The van der Waals surface area contributed by atoms with Gasteiger partial charge in [0.1, 0.15) is 5.60 Å². The van der Waals surface area contributed by atoms with Gasteiger partial charge in [-0.1, -0.05) is 30.3 Å². The quantitative estimate of drug-likeness (QED) is 0.859. The molecule has 134 valence electrons. The Balaban J connectivity index is 2.07. The summed E-state index contributed by atoms with van der Waals surface area (Å²) in [6.45, 7) is 5.92. The van der Waals surface area contributed by atoms with Gasteiger partial charge in [0, 0.05) is 23.4 Å². The Labute approximate surface area is 149 Å². The van der Waals surface area contributed by atoms with E-state index in [-0.39, 0.29) is 0 Å². The molecule has 5 nitrogen and oxygen atoms in total. The van der Waals surface area contributed by atoms with Crippen molar-refractivity contribution in [2.45, 2.75) is 37.8 Å². The topological polar surface area (TPSA) is 67.8 Å². The minimum atomic E-state index is -2.84. The molecule has 1 atom stereocenters. The summed E-state index contributed by atoms with van der Waals surface area (Å²) in [5.74, 6) is 0. The maximum absolute atomic E-state index is 12.7. The molecular formula is C19H24N2O3S. The zero-order chi connectivity index (χ0) is 18.5. The number of hydrogen-bond donors (Lipinski definition) is 1. The molecule has 0 saturated carbocycles. The van der Waals surface area contributed by atoms with Gasteiger partial charge in [0.2, 0.25) is 0 Å². The predicted molar refractivity (Wildman–Crippen MR) is 101 cm³/mol. The first kappa shape index (κ1) is 19.0. The van der Waals surface area contributed by atoms with Gasteiger partial charge in [0.15, 0.2) is 0 Å². The number of amides is 1. The van der Waals surface area contributed by atoms with Crippen LogP contribution in [0.5, 0.6) is 0 Å². The number of benzene rings is 2. The normalized spacial score (nSPS) is 13.6. The summed E-state index contributed by atoms with van der Waals surface area (Å²) in [4.78, 5) is 12.3. The molecule has 0 bridgehead atoms. The molecule has 0 fully saturated rings. The van der Waals surface area contributed by atoms with Crippen molar-refractivity contribution in [2.24, 2.45) is 4.36 Å². The highest BCUT2D eigenvalue weighted by Gasteiger charge is 2.18. The second-order valence-electron chi connectivity index (χ2n) is 6.74. The summed E-state index contributed by atoms with van der Waals surface area (Å²) in [7, 11) is -2.84. The van der Waals surface area contributed by atoms with Crippen LogP contribution in [-0.2, 0) is 21.0 Å². The third kappa shape index (κ3) is 6.23. The minimum Gasteiger partial charge on any atom is -0.442 e. The van der Waals surface area contributed by atoms with Crippen molar-refractivity contribution in [1.82, 2.24) is 0 Å². The Bertz CT molecular complexity index is 831. The van der Waals surface area contributed by atoms with Crippen molar-refractivity contribution in [3.8, 4) is 0 Å². The largest absolute Gasteiger partial charge is 0.442 e. The van der Waals surface area contributed by atoms with Crippen LogP contribution in [0.1, 0.15) is 26.3 Å². The molecule has 1 unspecified atom stereocenters. The maximum atomic E-state index is 12.7. The molecule has 2 rings (SSSR count). The molecule has 1 N–H and O–H groups in total. The summed E-state index contributed by atoms with van der Waals surface area (Å²) in [5.41, 5.74) is 1.41. The fourth-order valence-electron chi connectivity index (χ4n) is 2.10. The van der Waals surface area contributed by atoms with Crippen molar-refractivity contribution in [2.75, 3.05) is 11.6 Å². The molecular weight excluding hydrogens is 336 g/mol. The van der Waals surface area contributed by atoms with Crippen LogP contribution in [0.25, 0.3) is 0 Å². The Morgan fingerprint density at radius 1 is 1.08 bits per heavy atom. The Hall–Kier alpha value is -2.34. The molecule has 0 radical (unpaired) electrons. The van der Waals surface area contributed by atoms with Gasteiger partial charge in [-0.15, -0.1) is 4.36 Å². The van der Waals surface area contributed by atoms with Gasteiger partial charge in [-0.25, -0.2) is 9.00 Å². The Morgan fingerprint density at radius 3 is 2.24 bits per heavy atom. The van der Waals surface area contributed by atoms with Crippen LogP contribution in [0.15, 0.2) is 63.9 Å². The summed E-state index contributed by atoms with van der Waals surface area (Å²) in [6, 6.07) is 17.1. The molecule has 0 aliphatic carbocycles. The van der Waals surface area contributed by atoms with Crippen molar-refractivity contribution < 1.29 is 13.7 Å². The highest BCUT2D eigenvalue weighted by atomic mass is 32.2. The molecule has 2 aromatic rings. The van der Waals surface area contributed by atoms with E-state index in [2.05, 4.69) is 9.68 Å². The van der Waals surface area contributed by atoms with Crippen LogP contribution in [0, 0.1) is 0 Å². The molecule has 25 heavy (non-hydrogen) atoms. The smallest absolute Gasteiger partial charge is 0.442 e. The van der Waals surface area contributed by atoms with Gasteiger partial charge in [0.05, 0.1) is 9.73 Å². The van der Waals surface area contributed by atoms with Crippen LogP contribution < -0.4 is 5.32 Å². The van der Waals surface area contributed by atoms with Crippen molar-refractivity contribution in [3.05, 3.63) is 60.2 Å². The molecule has 6 heteroatoms. The van der Waals surface area contributed by atoms with E-state index in [9.17, 15) is 9.00 Å². The lowest BCUT2D eigenvalue weighted by Gasteiger charge is -2.17. The third-order valence-electron chi connectivity index (χ3n) is 3.27. The van der Waals surface area contributed by atoms with Crippen LogP contribution in [0.2, 0.25) is 0 Å². The lowest BCUT2D eigenvalue weighted by atomic mass is 10.2. The number of hydrogen-bond acceptors (Lipinski definition) is 4. The first-order valence-electron chi connectivity index (χ1n) is 7.99. The van der Waals surface area contributed by atoms with E-state index in [1.165, 1.54) is 11.8 Å². The first-order chi connectivity index (χ1) is 11.7. The Morgan fingerprint density at radius 2 is 1.68 bits per heavy atom.